The first-order valence-electron chi connectivity index (χ1n) is 11.1. The smallest absolute Gasteiger partial charge is 0.416 e. The largest absolute Gasteiger partial charge is 0.447 e. The third-order valence-electron chi connectivity index (χ3n) is 5.44. The Labute approximate surface area is 161 Å². The molecule has 0 aromatic rings. The van der Waals surface area contributed by atoms with Crippen LogP contribution in [0.4, 0.5) is 4.79 Å². The highest BCUT2D eigenvalue weighted by Gasteiger charge is 2.38. The molecule has 0 aliphatic carbocycles. The maximum atomic E-state index is 12.3. The summed E-state index contributed by atoms with van der Waals surface area (Å²) in [6.07, 6.45) is 16.8. The molecule has 1 rings (SSSR count). The van der Waals surface area contributed by atoms with E-state index in [1.165, 1.54) is 75.5 Å². The highest BCUT2D eigenvalue weighted by molar-refractivity contribution is 5.93. The zero-order chi connectivity index (χ0) is 19.2. The fraction of sp³-hybridized carbons (Fsp3) is 0.909. The van der Waals surface area contributed by atoms with Crippen LogP contribution in [0.1, 0.15) is 111 Å². The van der Waals surface area contributed by atoms with E-state index in [4.69, 9.17) is 4.74 Å². The number of imide groups is 1. The van der Waals surface area contributed by atoms with E-state index in [-0.39, 0.29) is 17.9 Å². The van der Waals surface area contributed by atoms with E-state index < -0.39 is 6.09 Å². The van der Waals surface area contributed by atoms with Crippen LogP contribution >= 0.6 is 0 Å². The molecule has 1 atom stereocenters. The second kappa shape index (κ2) is 14.1. The van der Waals surface area contributed by atoms with Gasteiger partial charge in [-0.2, -0.15) is 0 Å². The van der Waals surface area contributed by atoms with E-state index in [1.54, 1.807) is 0 Å². The minimum Gasteiger partial charge on any atom is -0.447 e. The molecule has 0 aromatic carbocycles. The second-order valence-electron chi connectivity index (χ2n) is 8.14. The van der Waals surface area contributed by atoms with Gasteiger partial charge >= 0.3 is 6.09 Å². The summed E-state index contributed by atoms with van der Waals surface area (Å²) in [6, 6.07) is -0.0861. The first kappa shape index (κ1) is 23.0. The standard InChI is InChI=1S/C22H41NO3/c1-4-5-6-7-8-9-10-11-12-13-14-15-16-17-21(24)23-20(19(2)3)18-26-22(23)25/h19-20H,4-18H2,1-3H3. The molecule has 0 aromatic heterocycles. The van der Waals surface area contributed by atoms with Crippen LogP contribution in [0.25, 0.3) is 0 Å². The maximum Gasteiger partial charge on any atom is 0.416 e. The number of rotatable bonds is 15. The van der Waals surface area contributed by atoms with Crippen molar-refractivity contribution in [2.75, 3.05) is 6.61 Å². The van der Waals surface area contributed by atoms with Crippen LogP contribution in [0.5, 0.6) is 0 Å². The summed E-state index contributed by atoms with van der Waals surface area (Å²) >= 11 is 0. The van der Waals surface area contributed by atoms with E-state index in [1.807, 2.05) is 13.8 Å². The summed E-state index contributed by atoms with van der Waals surface area (Å²) in [5, 5.41) is 0. The lowest BCUT2D eigenvalue weighted by Crippen LogP contribution is -2.41. The van der Waals surface area contributed by atoms with Crippen molar-refractivity contribution < 1.29 is 14.3 Å². The second-order valence-corrected chi connectivity index (χ2v) is 8.14. The SMILES string of the molecule is CCCCCCCCCCCCCCCC(=O)N1C(=O)OCC1C(C)C. The predicted octanol–water partition coefficient (Wildman–Crippen LogP) is 6.47. The Morgan fingerprint density at radius 2 is 1.38 bits per heavy atom. The zero-order valence-corrected chi connectivity index (χ0v) is 17.4. The molecule has 2 amide bonds. The number of cyclic esters (lactones) is 1. The highest BCUT2D eigenvalue weighted by atomic mass is 16.6. The van der Waals surface area contributed by atoms with Crippen molar-refractivity contribution in [2.45, 2.75) is 117 Å². The molecular weight excluding hydrogens is 326 g/mol. The zero-order valence-electron chi connectivity index (χ0n) is 17.4. The van der Waals surface area contributed by atoms with E-state index in [2.05, 4.69) is 6.92 Å². The summed E-state index contributed by atoms with van der Waals surface area (Å²) in [6.45, 7) is 6.66. The Hall–Kier alpha value is -1.06. The summed E-state index contributed by atoms with van der Waals surface area (Å²) in [5.74, 6) is 0.186. The van der Waals surface area contributed by atoms with Gasteiger partial charge in [-0.3, -0.25) is 4.79 Å². The van der Waals surface area contributed by atoms with Crippen molar-refractivity contribution in [3.05, 3.63) is 0 Å². The molecule has 0 radical (unpaired) electrons. The molecular formula is C22H41NO3. The van der Waals surface area contributed by atoms with Gasteiger partial charge in [0.25, 0.3) is 0 Å². The number of carbonyl (C=O) groups is 2. The van der Waals surface area contributed by atoms with Crippen molar-refractivity contribution in [1.29, 1.82) is 0 Å². The Morgan fingerprint density at radius 3 is 1.85 bits per heavy atom. The molecule has 1 saturated heterocycles. The normalized spacial score (nSPS) is 17.2. The minimum atomic E-state index is -0.455. The number of carbonyl (C=O) groups excluding carboxylic acids is 2. The van der Waals surface area contributed by atoms with E-state index >= 15 is 0 Å². The van der Waals surface area contributed by atoms with Gasteiger partial charge in [0.05, 0.1) is 6.04 Å². The van der Waals surface area contributed by atoms with Gasteiger partial charge < -0.3 is 4.74 Å². The topological polar surface area (TPSA) is 46.6 Å². The Balaban J connectivity index is 1.95. The molecule has 152 valence electrons. The van der Waals surface area contributed by atoms with Crippen molar-refractivity contribution in [1.82, 2.24) is 4.90 Å². The molecule has 4 heteroatoms. The molecule has 1 heterocycles. The number of amides is 2. The van der Waals surface area contributed by atoms with Gasteiger partial charge in [-0.05, 0) is 12.3 Å². The van der Waals surface area contributed by atoms with Crippen LogP contribution in [0.3, 0.4) is 0 Å². The third kappa shape index (κ3) is 9.05. The quantitative estimate of drug-likeness (QED) is 0.312. The first-order valence-corrected chi connectivity index (χ1v) is 11.1. The molecule has 0 spiro atoms. The summed E-state index contributed by atoms with van der Waals surface area (Å²) in [4.78, 5) is 25.4. The van der Waals surface area contributed by atoms with Gasteiger partial charge in [-0.1, -0.05) is 97.8 Å². The molecule has 1 aliphatic heterocycles. The van der Waals surface area contributed by atoms with Crippen LogP contribution in [-0.4, -0.2) is 29.5 Å². The van der Waals surface area contributed by atoms with Gasteiger partial charge in [0, 0.05) is 6.42 Å². The van der Waals surface area contributed by atoms with Gasteiger partial charge in [-0.25, -0.2) is 9.69 Å². The van der Waals surface area contributed by atoms with Crippen molar-refractivity contribution in [2.24, 2.45) is 5.92 Å². The van der Waals surface area contributed by atoms with Crippen LogP contribution in [0.15, 0.2) is 0 Å². The van der Waals surface area contributed by atoms with Gasteiger partial charge in [0.1, 0.15) is 6.61 Å². The van der Waals surface area contributed by atoms with E-state index in [9.17, 15) is 9.59 Å². The number of hydrogen-bond donors (Lipinski definition) is 0. The monoisotopic (exact) mass is 367 g/mol. The van der Waals surface area contributed by atoms with Crippen LogP contribution < -0.4 is 0 Å². The van der Waals surface area contributed by atoms with Crippen LogP contribution in [0.2, 0.25) is 0 Å². The Morgan fingerprint density at radius 1 is 0.923 bits per heavy atom. The lowest BCUT2D eigenvalue weighted by atomic mass is 10.0. The summed E-state index contributed by atoms with van der Waals surface area (Å²) in [5.41, 5.74) is 0. The predicted molar refractivity (Wildman–Crippen MR) is 107 cm³/mol. The molecule has 26 heavy (non-hydrogen) atoms. The Kier molecular flexibility index (Phi) is 12.4. The minimum absolute atomic E-state index is 0.0609. The number of hydrogen-bond acceptors (Lipinski definition) is 3. The van der Waals surface area contributed by atoms with E-state index in [0.717, 1.165) is 12.8 Å². The van der Waals surface area contributed by atoms with Crippen molar-refractivity contribution in [3.8, 4) is 0 Å². The fourth-order valence-electron chi connectivity index (χ4n) is 3.63. The summed E-state index contributed by atoms with van der Waals surface area (Å²) in [7, 11) is 0. The van der Waals surface area contributed by atoms with Crippen molar-refractivity contribution >= 4 is 12.0 Å². The number of unbranched alkanes of at least 4 members (excludes halogenated alkanes) is 12. The fourth-order valence-corrected chi connectivity index (χ4v) is 3.63. The lowest BCUT2D eigenvalue weighted by molar-refractivity contribution is -0.129. The summed E-state index contributed by atoms with van der Waals surface area (Å²) < 4.78 is 5.05. The molecule has 1 fully saturated rings. The third-order valence-corrected chi connectivity index (χ3v) is 5.44. The molecule has 0 saturated carbocycles. The number of ether oxygens (including phenoxy) is 1. The van der Waals surface area contributed by atoms with E-state index in [0.29, 0.717) is 13.0 Å². The molecule has 1 unspecified atom stereocenters. The van der Waals surface area contributed by atoms with Crippen LogP contribution in [-0.2, 0) is 9.53 Å². The molecule has 4 nitrogen and oxygen atoms in total. The highest BCUT2D eigenvalue weighted by Crippen LogP contribution is 2.21. The average Bonchev–Trinajstić information content (AvgIpc) is 3.00. The Bertz CT molecular complexity index is 395. The molecule has 1 aliphatic rings. The average molecular weight is 368 g/mol. The van der Waals surface area contributed by atoms with Crippen molar-refractivity contribution in [3.63, 3.8) is 0 Å². The molecule has 0 bridgehead atoms. The lowest BCUT2D eigenvalue weighted by Gasteiger charge is -2.22. The first-order chi connectivity index (χ1) is 12.6. The maximum absolute atomic E-state index is 12.3. The van der Waals surface area contributed by atoms with Crippen LogP contribution in [0, 0.1) is 5.92 Å². The van der Waals surface area contributed by atoms with Gasteiger partial charge in [-0.15, -0.1) is 0 Å². The van der Waals surface area contributed by atoms with Gasteiger partial charge in [0.15, 0.2) is 0 Å². The van der Waals surface area contributed by atoms with Gasteiger partial charge in [0.2, 0.25) is 5.91 Å². The molecule has 0 N–H and O–H groups in total. The number of nitrogens with zero attached hydrogens (tertiary/aromatic N) is 1.